The lowest BCUT2D eigenvalue weighted by molar-refractivity contribution is -0.119. The first-order chi connectivity index (χ1) is 9.61. The molecule has 1 aromatic carbocycles. The van der Waals surface area contributed by atoms with Gasteiger partial charge in [0.05, 0.1) is 7.11 Å². The van der Waals surface area contributed by atoms with Crippen LogP contribution in [0.1, 0.15) is 18.9 Å². The standard InChI is InChI=1S/C15H20N2O3/c1-12(18)16-9-4-10-17-15(19)8-7-13-5-3-6-14(11-13)20-2/h3,5-8,11H,4,9-10H2,1-2H3,(H,16,18)(H,17,19)/b8-7+. The fraction of sp³-hybridized carbons (Fsp3) is 0.333. The van der Waals surface area contributed by atoms with Crippen LogP contribution in [-0.4, -0.2) is 32.0 Å². The van der Waals surface area contributed by atoms with Crippen molar-refractivity contribution in [3.63, 3.8) is 0 Å². The lowest BCUT2D eigenvalue weighted by atomic mass is 10.2. The van der Waals surface area contributed by atoms with Crippen molar-refractivity contribution < 1.29 is 14.3 Å². The third-order valence-corrected chi connectivity index (χ3v) is 2.55. The first kappa shape index (κ1) is 15.8. The molecule has 0 aliphatic rings. The topological polar surface area (TPSA) is 67.4 Å². The second-order valence-electron chi connectivity index (χ2n) is 4.24. The highest BCUT2D eigenvalue weighted by molar-refractivity contribution is 5.91. The number of hydrogen-bond donors (Lipinski definition) is 2. The van der Waals surface area contributed by atoms with Gasteiger partial charge in [-0.3, -0.25) is 9.59 Å². The van der Waals surface area contributed by atoms with Crippen LogP contribution in [0.3, 0.4) is 0 Å². The number of benzene rings is 1. The van der Waals surface area contributed by atoms with Crippen LogP contribution in [0.4, 0.5) is 0 Å². The SMILES string of the molecule is COc1cccc(/C=C/C(=O)NCCCNC(C)=O)c1. The van der Waals surface area contributed by atoms with Gasteiger partial charge in [0.15, 0.2) is 0 Å². The van der Waals surface area contributed by atoms with Crippen LogP contribution in [0.25, 0.3) is 6.08 Å². The maximum absolute atomic E-state index is 11.6. The van der Waals surface area contributed by atoms with E-state index in [-0.39, 0.29) is 11.8 Å². The van der Waals surface area contributed by atoms with Gasteiger partial charge in [-0.2, -0.15) is 0 Å². The highest BCUT2D eigenvalue weighted by Gasteiger charge is 1.96. The van der Waals surface area contributed by atoms with Gasteiger partial charge in [0.25, 0.3) is 0 Å². The second kappa shape index (κ2) is 8.74. The Balaban J connectivity index is 2.30. The smallest absolute Gasteiger partial charge is 0.244 e. The quantitative estimate of drug-likeness (QED) is 0.583. The lowest BCUT2D eigenvalue weighted by Crippen LogP contribution is -2.27. The number of hydrogen-bond acceptors (Lipinski definition) is 3. The van der Waals surface area contributed by atoms with Crippen LogP contribution < -0.4 is 15.4 Å². The number of amides is 2. The number of ether oxygens (including phenoxy) is 1. The summed E-state index contributed by atoms with van der Waals surface area (Å²) in [5.41, 5.74) is 0.901. The minimum absolute atomic E-state index is 0.0609. The largest absolute Gasteiger partial charge is 0.497 e. The molecule has 5 nitrogen and oxygen atoms in total. The third-order valence-electron chi connectivity index (χ3n) is 2.55. The summed E-state index contributed by atoms with van der Waals surface area (Å²) in [7, 11) is 1.60. The molecule has 0 bridgehead atoms. The van der Waals surface area contributed by atoms with Crippen LogP contribution >= 0.6 is 0 Å². The van der Waals surface area contributed by atoms with E-state index in [1.54, 1.807) is 13.2 Å². The van der Waals surface area contributed by atoms with Crippen molar-refractivity contribution in [3.8, 4) is 5.75 Å². The lowest BCUT2D eigenvalue weighted by Gasteiger charge is -2.03. The zero-order chi connectivity index (χ0) is 14.8. The summed E-state index contributed by atoms with van der Waals surface area (Å²) in [5.74, 6) is 0.535. The molecule has 1 aromatic rings. The number of methoxy groups -OCH3 is 1. The van der Waals surface area contributed by atoms with Gasteiger partial charge in [0, 0.05) is 26.1 Å². The normalized spacial score (nSPS) is 10.3. The van der Waals surface area contributed by atoms with Crippen molar-refractivity contribution in [2.24, 2.45) is 0 Å². The Hall–Kier alpha value is -2.30. The van der Waals surface area contributed by atoms with Crippen molar-refractivity contribution in [3.05, 3.63) is 35.9 Å². The summed E-state index contributed by atoms with van der Waals surface area (Å²) in [6.07, 6.45) is 3.91. The van der Waals surface area contributed by atoms with Gasteiger partial charge in [-0.25, -0.2) is 0 Å². The summed E-state index contributed by atoms with van der Waals surface area (Å²) in [4.78, 5) is 22.2. The Kier molecular flexibility index (Phi) is 6.89. The van der Waals surface area contributed by atoms with E-state index in [9.17, 15) is 9.59 Å². The molecule has 0 spiro atoms. The Bertz CT molecular complexity index is 484. The minimum Gasteiger partial charge on any atom is -0.497 e. The molecule has 0 saturated carbocycles. The average Bonchev–Trinajstić information content (AvgIpc) is 2.44. The van der Waals surface area contributed by atoms with Gasteiger partial charge < -0.3 is 15.4 Å². The average molecular weight is 276 g/mol. The summed E-state index contributed by atoms with van der Waals surface area (Å²) >= 11 is 0. The molecule has 2 N–H and O–H groups in total. The van der Waals surface area contributed by atoms with Crippen molar-refractivity contribution in [1.29, 1.82) is 0 Å². The summed E-state index contributed by atoms with van der Waals surface area (Å²) in [5, 5.41) is 5.41. The van der Waals surface area contributed by atoms with Crippen LogP contribution in [0.15, 0.2) is 30.3 Å². The Labute approximate surface area is 119 Å². The summed E-state index contributed by atoms with van der Waals surface area (Å²) in [6, 6.07) is 7.45. The fourth-order valence-corrected chi connectivity index (χ4v) is 1.54. The van der Waals surface area contributed by atoms with E-state index < -0.39 is 0 Å². The molecule has 0 aliphatic carbocycles. The third kappa shape index (κ3) is 6.58. The molecule has 2 amide bonds. The van der Waals surface area contributed by atoms with Crippen LogP contribution in [0.2, 0.25) is 0 Å². The van der Waals surface area contributed by atoms with E-state index in [1.165, 1.54) is 13.0 Å². The Morgan fingerprint density at radius 1 is 1.25 bits per heavy atom. The molecule has 0 atom stereocenters. The minimum atomic E-state index is -0.157. The zero-order valence-electron chi connectivity index (χ0n) is 11.8. The first-order valence-corrected chi connectivity index (χ1v) is 6.46. The molecule has 1 rings (SSSR count). The molecule has 5 heteroatoms. The predicted octanol–water partition coefficient (Wildman–Crippen LogP) is 1.35. The molecule has 0 heterocycles. The van der Waals surface area contributed by atoms with Gasteiger partial charge in [-0.1, -0.05) is 12.1 Å². The number of nitrogens with one attached hydrogen (secondary N) is 2. The van der Waals surface area contributed by atoms with E-state index in [1.807, 2.05) is 24.3 Å². The first-order valence-electron chi connectivity index (χ1n) is 6.46. The van der Waals surface area contributed by atoms with E-state index in [0.717, 1.165) is 11.3 Å². The van der Waals surface area contributed by atoms with Crippen LogP contribution in [-0.2, 0) is 9.59 Å². The predicted molar refractivity (Wildman–Crippen MR) is 78.3 cm³/mol. The molecule has 108 valence electrons. The van der Waals surface area contributed by atoms with Crippen molar-refractivity contribution in [2.45, 2.75) is 13.3 Å². The fourth-order valence-electron chi connectivity index (χ4n) is 1.54. The monoisotopic (exact) mass is 276 g/mol. The maximum atomic E-state index is 11.6. The van der Waals surface area contributed by atoms with Crippen LogP contribution in [0, 0.1) is 0 Å². The molecule has 0 aliphatic heterocycles. The Morgan fingerprint density at radius 3 is 2.70 bits per heavy atom. The number of carbonyl (C=O) groups is 2. The highest BCUT2D eigenvalue weighted by atomic mass is 16.5. The van der Waals surface area contributed by atoms with Gasteiger partial charge >= 0.3 is 0 Å². The highest BCUT2D eigenvalue weighted by Crippen LogP contribution is 2.13. The summed E-state index contributed by atoms with van der Waals surface area (Å²) < 4.78 is 5.10. The molecule has 0 unspecified atom stereocenters. The van der Waals surface area contributed by atoms with Gasteiger partial charge in [0.1, 0.15) is 5.75 Å². The Morgan fingerprint density at radius 2 is 2.00 bits per heavy atom. The number of rotatable bonds is 7. The molecule has 0 fully saturated rings. The van der Waals surface area contributed by atoms with Crippen LogP contribution in [0.5, 0.6) is 5.75 Å². The van der Waals surface area contributed by atoms with Crippen molar-refractivity contribution >= 4 is 17.9 Å². The van der Waals surface area contributed by atoms with Gasteiger partial charge in [0.2, 0.25) is 11.8 Å². The molecule has 0 aromatic heterocycles. The molecular formula is C15H20N2O3. The maximum Gasteiger partial charge on any atom is 0.244 e. The van der Waals surface area contributed by atoms with E-state index in [0.29, 0.717) is 19.5 Å². The molecule has 0 saturated heterocycles. The van der Waals surface area contributed by atoms with Gasteiger partial charge in [-0.15, -0.1) is 0 Å². The van der Waals surface area contributed by atoms with Crippen molar-refractivity contribution in [2.75, 3.05) is 20.2 Å². The second-order valence-corrected chi connectivity index (χ2v) is 4.24. The van der Waals surface area contributed by atoms with E-state index in [2.05, 4.69) is 10.6 Å². The molecular weight excluding hydrogens is 256 g/mol. The van der Waals surface area contributed by atoms with E-state index in [4.69, 9.17) is 4.74 Å². The molecule has 20 heavy (non-hydrogen) atoms. The summed E-state index contributed by atoms with van der Waals surface area (Å²) in [6.45, 7) is 2.56. The number of carbonyl (C=O) groups excluding carboxylic acids is 2. The van der Waals surface area contributed by atoms with Gasteiger partial charge in [-0.05, 0) is 30.2 Å². The molecule has 0 radical (unpaired) electrons. The van der Waals surface area contributed by atoms with Crippen molar-refractivity contribution in [1.82, 2.24) is 10.6 Å². The zero-order valence-corrected chi connectivity index (χ0v) is 11.8. The van der Waals surface area contributed by atoms with E-state index >= 15 is 0 Å².